The third-order valence-corrected chi connectivity index (χ3v) is 3.86. The second-order valence-electron chi connectivity index (χ2n) is 5.48. The van der Waals surface area contributed by atoms with Crippen LogP contribution in [0.1, 0.15) is 65.2 Å². The second kappa shape index (κ2) is 9.90. The molecule has 0 spiro atoms. The largest absolute Gasteiger partial charge is 0.314 e. The van der Waals surface area contributed by atoms with Crippen molar-refractivity contribution in [2.24, 2.45) is 0 Å². The molecule has 0 saturated carbocycles. The Morgan fingerprint density at radius 3 is 2.41 bits per heavy atom. The summed E-state index contributed by atoms with van der Waals surface area (Å²) in [5, 5.41) is 3.61. The van der Waals surface area contributed by atoms with E-state index in [9.17, 15) is 0 Å². The predicted molar refractivity (Wildman–Crippen MR) is 76.5 cm³/mol. The van der Waals surface area contributed by atoms with Crippen molar-refractivity contribution in [2.45, 2.75) is 71.3 Å². The first-order valence-electron chi connectivity index (χ1n) is 7.82. The zero-order chi connectivity index (χ0) is 12.3. The summed E-state index contributed by atoms with van der Waals surface area (Å²) in [6.45, 7) is 9.77. The smallest absolute Gasteiger partial charge is 0.00797 e. The van der Waals surface area contributed by atoms with Gasteiger partial charge in [0.15, 0.2) is 0 Å². The molecular formula is C15H32N2. The summed E-state index contributed by atoms with van der Waals surface area (Å²) in [5.41, 5.74) is 0. The van der Waals surface area contributed by atoms with Crippen LogP contribution in [0, 0.1) is 0 Å². The standard InChI is InChI=1S/C15H32N2/c1-3-5-7-13-17(12-6-4-2)14-10-15-9-8-11-16-15/h15-16H,3-14H2,1-2H3. The summed E-state index contributed by atoms with van der Waals surface area (Å²) >= 11 is 0. The van der Waals surface area contributed by atoms with Crippen LogP contribution in [0.3, 0.4) is 0 Å². The quantitative estimate of drug-likeness (QED) is 0.589. The molecule has 1 heterocycles. The lowest BCUT2D eigenvalue weighted by molar-refractivity contribution is 0.250. The molecule has 1 aliphatic heterocycles. The summed E-state index contributed by atoms with van der Waals surface area (Å²) in [5.74, 6) is 0. The van der Waals surface area contributed by atoms with Crippen molar-refractivity contribution >= 4 is 0 Å². The zero-order valence-electron chi connectivity index (χ0n) is 12.0. The van der Waals surface area contributed by atoms with Crippen LogP contribution in [0.4, 0.5) is 0 Å². The van der Waals surface area contributed by atoms with Gasteiger partial charge < -0.3 is 10.2 Å². The molecule has 0 aromatic heterocycles. The highest BCUT2D eigenvalue weighted by Gasteiger charge is 2.15. The van der Waals surface area contributed by atoms with Crippen molar-refractivity contribution in [3.05, 3.63) is 0 Å². The van der Waals surface area contributed by atoms with Crippen molar-refractivity contribution in [1.82, 2.24) is 10.2 Å². The van der Waals surface area contributed by atoms with E-state index < -0.39 is 0 Å². The maximum Gasteiger partial charge on any atom is 0.00797 e. The number of hydrogen-bond acceptors (Lipinski definition) is 2. The molecule has 0 amide bonds. The van der Waals surface area contributed by atoms with Crippen LogP contribution in [-0.4, -0.2) is 37.1 Å². The van der Waals surface area contributed by atoms with Crippen LogP contribution in [0.25, 0.3) is 0 Å². The molecule has 1 atom stereocenters. The maximum absolute atomic E-state index is 3.61. The van der Waals surface area contributed by atoms with Gasteiger partial charge in [0.1, 0.15) is 0 Å². The highest BCUT2D eigenvalue weighted by Crippen LogP contribution is 2.10. The van der Waals surface area contributed by atoms with E-state index in [4.69, 9.17) is 0 Å². The first kappa shape index (κ1) is 15.0. The van der Waals surface area contributed by atoms with E-state index in [1.54, 1.807) is 0 Å². The Hall–Kier alpha value is -0.0800. The average Bonchev–Trinajstić information content (AvgIpc) is 2.85. The van der Waals surface area contributed by atoms with Gasteiger partial charge in [-0.1, -0.05) is 33.1 Å². The molecule has 0 aliphatic carbocycles. The van der Waals surface area contributed by atoms with Crippen LogP contribution >= 0.6 is 0 Å². The van der Waals surface area contributed by atoms with Crippen LogP contribution in [0.15, 0.2) is 0 Å². The van der Waals surface area contributed by atoms with Gasteiger partial charge in [-0.15, -0.1) is 0 Å². The van der Waals surface area contributed by atoms with Crippen LogP contribution in [0.5, 0.6) is 0 Å². The number of nitrogens with zero attached hydrogens (tertiary/aromatic N) is 1. The Kier molecular flexibility index (Phi) is 8.72. The van der Waals surface area contributed by atoms with E-state index in [-0.39, 0.29) is 0 Å². The first-order chi connectivity index (χ1) is 8.36. The number of unbranched alkanes of at least 4 members (excludes halogenated alkanes) is 3. The summed E-state index contributed by atoms with van der Waals surface area (Å²) in [6, 6.07) is 0.810. The Morgan fingerprint density at radius 1 is 1.00 bits per heavy atom. The Morgan fingerprint density at radius 2 is 1.76 bits per heavy atom. The summed E-state index contributed by atoms with van der Waals surface area (Å²) in [6.07, 6.45) is 11.0. The Bertz CT molecular complexity index is 164. The van der Waals surface area contributed by atoms with Crippen molar-refractivity contribution in [2.75, 3.05) is 26.2 Å². The zero-order valence-corrected chi connectivity index (χ0v) is 12.0. The lowest BCUT2D eigenvalue weighted by Gasteiger charge is -2.23. The third kappa shape index (κ3) is 7.05. The molecule has 0 aromatic carbocycles. The van der Waals surface area contributed by atoms with Crippen molar-refractivity contribution in [1.29, 1.82) is 0 Å². The normalized spacial score (nSPS) is 20.3. The fraction of sp³-hybridized carbons (Fsp3) is 1.00. The number of hydrogen-bond donors (Lipinski definition) is 1. The number of nitrogens with one attached hydrogen (secondary N) is 1. The molecule has 1 unspecified atom stereocenters. The molecule has 102 valence electrons. The fourth-order valence-electron chi connectivity index (χ4n) is 2.64. The van der Waals surface area contributed by atoms with Crippen molar-refractivity contribution < 1.29 is 0 Å². The van der Waals surface area contributed by atoms with E-state index >= 15 is 0 Å². The number of rotatable bonds is 10. The molecule has 0 aromatic rings. The van der Waals surface area contributed by atoms with Crippen LogP contribution in [-0.2, 0) is 0 Å². The SMILES string of the molecule is CCCCCN(CCCC)CCC1CCCN1. The van der Waals surface area contributed by atoms with Gasteiger partial charge in [0.2, 0.25) is 0 Å². The molecule has 1 aliphatic rings. The molecule has 17 heavy (non-hydrogen) atoms. The lowest BCUT2D eigenvalue weighted by atomic mass is 10.1. The second-order valence-corrected chi connectivity index (χ2v) is 5.48. The monoisotopic (exact) mass is 240 g/mol. The van der Waals surface area contributed by atoms with Gasteiger partial charge in [0.25, 0.3) is 0 Å². The molecule has 2 nitrogen and oxygen atoms in total. The Labute approximate surface area is 108 Å². The fourth-order valence-corrected chi connectivity index (χ4v) is 2.64. The van der Waals surface area contributed by atoms with Gasteiger partial charge in [-0.05, 0) is 58.3 Å². The summed E-state index contributed by atoms with van der Waals surface area (Å²) < 4.78 is 0. The van der Waals surface area contributed by atoms with E-state index in [1.807, 2.05) is 0 Å². The molecule has 1 fully saturated rings. The minimum absolute atomic E-state index is 0.810. The van der Waals surface area contributed by atoms with E-state index in [1.165, 1.54) is 77.5 Å². The Balaban J connectivity index is 2.13. The molecule has 1 N–H and O–H groups in total. The van der Waals surface area contributed by atoms with Crippen molar-refractivity contribution in [3.8, 4) is 0 Å². The first-order valence-corrected chi connectivity index (χ1v) is 7.82. The average molecular weight is 240 g/mol. The molecular weight excluding hydrogens is 208 g/mol. The van der Waals surface area contributed by atoms with Crippen LogP contribution < -0.4 is 5.32 Å². The topological polar surface area (TPSA) is 15.3 Å². The van der Waals surface area contributed by atoms with Gasteiger partial charge in [-0.3, -0.25) is 0 Å². The summed E-state index contributed by atoms with van der Waals surface area (Å²) in [4.78, 5) is 2.69. The summed E-state index contributed by atoms with van der Waals surface area (Å²) in [7, 11) is 0. The minimum Gasteiger partial charge on any atom is -0.314 e. The highest BCUT2D eigenvalue weighted by molar-refractivity contribution is 4.75. The molecule has 2 heteroatoms. The van der Waals surface area contributed by atoms with Gasteiger partial charge in [-0.25, -0.2) is 0 Å². The van der Waals surface area contributed by atoms with Gasteiger partial charge in [0, 0.05) is 6.04 Å². The van der Waals surface area contributed by atoms with E-state index in [2.05, 4.69) is 24.1 Å². The van der Waals surface area contributed by atoms with Gasteiger partial charge in [-0.2, -0.15) is 0 Å². The van der Waals surface area contributed by atoms with Crippen LogP contribution in [0.2, 0.25) is 0 Å². The third-order valence-electron chi connectivity index (χ3n) is 3.86. The minimum atomic E-state index is 0.810. The molecule has 1 saturated heterocycles. The molecule has 1 rings (SSSR count). The van der Waals surface area contributed by atoms with E-state index in [0.29, 0.717) is 0 Å². The molecule has 0 radical (unpaired) electrons. The van der Waals surface area contributed by atoms with E-state index in [0.717, 1.165) is 6.04 Å². The van der Waals surface area contributed by atoms with Crippen molar-refractivity contribution in [3.63, 3.8) is 0 Å². The van der Waals surface area contributed by atoms with Gasteiger partial charge >= 0.3 is 0 Å². The predicted octanol–water partition coefficient (Wildman–Crippen LogP) is 3.42. The maximum atomic E-state index is 3.61. The molecule has 0 bridgehead atoms. The van der Waals surface area contributed by atoms with Gasteiger partial charge in [0.05, 0.1) is 0 Å². The lowest BCUT2D eigenvalue weighted by Crippen LogP contribution is -2.32. The highest BCUT2D eigenvalue weighted by atomic mass is 15.1.